The maximum absolute atomic E-state index is 4.48. The minimum Gasteiger partial charge on any atom is -0.340 e. The highest BCUT2D eigenvalue weighted by atomic mass is 79.9. The van der Waals surface area contributed by atoms with Gasteiger partial charge in [-0.15, -0.1) is 0 Å². The van der Waals surface area contributed by atoms with Gasteiger partial charge in [0, 0.05) is 16.4 Å². The van der Waals surface area contributed by atoms with Crippen molar-refractivity contribution in [2.75, 3.05) is 11.6 Å². The minimum absolute atomic E-state index is 0.678. The third-order valence-corrected chi connectivity index (χ3v) is 4.69. The van der Waals surface area contributed by atoms with Crippen LogP contribution in [-0.4, -0.2) is 16.2 Å². The zero-order valence-electron chi connectivity index (χ0n) is 11.3. The molecule has 0 spiro atoms. The van der Waals surface area contributed by atoms with Gasteiger partial charge in [-0.25, -0.2) is 9.97 Å². The molecule has 5 heteroatoms. The third kappa shape index (κ3) is 2.99. The molecule has 1 N–H and O–H groups in total. The number of thioether (sulfide) groups is 1. The van der Waals surface area contributed by atoms with E-state index in [1.807, 2.05) is 12.3 Å². The lowest BCUT2D eigenvalue weighted by Gasteiger charge is -2.28. The Balaban J connectivity index is 1.89. The lowest BCUT2D eigenvalue weighted by atomic mass is 9.79. The number of halogens is 1. The van der Waals surface area contributed by atoms with E-state index in [9.17, 15) is 0 Å². The maximum Gasteiger partial charge on any atom is 0.189 e. The van der Waals surface area contributed by atoms with E-state index in [1.54, 1.807) is 18.0 Å². The van der Waals surface area contributed by atoms with Crippen molar-refractivity contribution < 1.29 is 0 Å². The van der Waals surface area contributed by atoms with Crippen molar-refractivity contribution in [2.24, 2.45) is 0 Å². The van der Waals surface area contributed by atoms with E-state index in [0.717, 1.165) is 21.1 Å². The summed E-state index contributed by atoms with van der Waals surface area (Å²) in [6, 6.07) is 8.33. The number of aromatic nitrogens is 2. The number of rotatable bonds is 4. The molecule has 0 atom stereocenters. The van der Waals surface area contributed by atoms with Crippen LogP contribution in [-0.2, 0) is 0 Å². The van der Waals surface area contributed by atoms with E-state index in [2.05, 4.69) is 49.4 Å². The Morgan fingerprint density at radius 1 is 1.30 bits per heavy atom. The number of nitrogens with one attached hydrogen (secondary N) is 1. The zero-order chi connectivity index (χ0) is 13.9. The molecule has 1 aliphatic carbocycles. The summed E-state index contributed by atoms with van der Waals surface area (Å²) in [5.41, 5.74) is 2.54. The van der Waals surface area contributed by atoms with E-state index < -0.39 is 0 Å². The van der Waals surface area contributed by atoms with Crippen molar-refractivity contribution in [3.8, 4) is 0 Å². The van der Waals surface area contributed by atoms with Gasteiger partial charge in [-0.2, -0.15) is 0 Å². The second-order valence-electron chi connectivity index (χ2n) is 4.91. The van der Waals surface area contributed by atoms with Crippen molar-refractivity contribution in [3.63, 3.8) is 0 Å². The highest BCUT2D eigenvalue weighted by Gasteiger charge is 2.22. The lowest BCUT2D eigenvalue weighted by Crippen LogP contribution is -2.11. The Kier molecular flexibility index (Phi) is 4.27. The van der Waals surface area contributed by atoms with Crippen LogP contribution in [0.2, 0.25) is 0 Å². The molecule has 1 aliphatic rings. The molecule has 0 bridgehead atoms. The van der Waals surface area contributed by atoms with Gasteiger partial charge in [0.1, 0.15) is 5.82 Å². The van der Waals surface area contributed by atoms with Crippen LogP contribution in [0.4, 0.5) is 11.5 Å². The van der Waals surface area contributed by atoms with Crippen molar-refractivity contribution in [1.29, 1.82) is 0 Å². The molecule has 1 fully saturated rings. The highest BCUT2D eigenvalue weighted by molar-refractivity contribution is 9.10. The Bertz CT molecular complexity index is 614. The summed E-state index contributed by atoms with van der Waals surface area (Å²) in [5.74, 6) is 1.53. The fraction of sp³-hybridized carbons (Fsp3) is 0.333. The SMILES string of the molecule is CSc1nccc(Nc2ccc(Br)cc2C2CCC2)n1. The van der Waals surface area contributed by atoms with E-state index in [-0.39, 0.29) is 0 Å². The van der Waals surface area contributed by atoms with E-state index >= 15 is 0 Å². The number of nitrogens with zero attached hydrogens (tertiary/aromatic N) is 2. The molecule has 3 nitrogen and oxygen atoms in total. The summed E-state index contributed by atoms with van der Waals surface area (Å²) >= 11 is 5.12. The van der Waals surface area contributed by atoms with E-state index in [4.69, 9.17) is 0 Å². The molecular weight excluding hydrogens is 334 g/mol. The molecule has 0 radical (unpaired) electrons. The number of benzene rings is 1. The molecule has 0 amide bonds. The summed E-state index contributed by atoms with van der Waals surface area (Å²) in [4.78, 5) is 8.69. The van der Waals surface area contributed by atoms with E-state index in [1.165, 1.54) is 24.8 Å². The van der Waals surface area contributed by atoms with Gasteiger partial charge < -0.3 is 5.32 Å². The smallest absolute Gasteiger partial charge is 0.189 e. The Morgan fingerprint density at radius 2 is 2.15 bits per heavy atom. The fourth-order valence-corrected chi connectivity index (χ4v) is 3.09. The quantitative estimate of drug-likeness (QED) is 0.624. The predicted molar refractivity (Wildman–Crippen MR) is 87.8 cm³/mol. The van der Waals surface area contributed by atoms with Crippen LogP contribution in [0.3, 0.4) is 0 Å². The first kappa shape index (κ1) is 13.9. The van der Waals surface area contributed by atoms with Crippen LogP contribution >= 0.6 is 27.7 Å². The topological polar surface area (TPSA) is 37.8 Å². The van der Waals surface area contributed by atoms with Crippen molar-refractivity contribution in [2.45, 2.75) is 30.3 Å². The molecule has 0 saturated heterocycles. The largest absolute Gasteiger partial charge is 0.340 e. The van der Waals surface area contributed by atoms with Gasteiger partial charge in [0.15, 0.2) is 5.16 Å². The molecule has 1 saturated carbocycles. The molecule has 3 rings (SSSR count). The van der Waals surface area contributed by atoms with Crippen molar-refractivity contribution in [1.82, 2.24) is 9.97 Å². The van der Waals surface area contributed by atoms with Crippen LogP contribution in [0.15, 0.2) is 40.1 Å². The molecular formula is C15H16BrN3S. The molecule has 1 heterocycles. The highest BCUT2D eigenvalue weighted by Crippen LogP contribution is 2.41. The molecule has 0 aliphatic heterocycles. The monoisotopic (exact) mass is 349 g/mol. The van der Waals surface area contributed by atoms with Gasteiger partial charge in [0.05, 0.1) is 0 Å². The summed E-state index contributed by atoms with van der Waals surface area (Å²) in [7, 11) is 0. The van der Waals surface area contributed by atoms with Gasteiger partial charge >= 0.3 is 0 Å². The summed E-state index contributed by atoms with van der Waals surface area (Å²) in [6.07, 6.45) is 7.68. The fourth-order valence-electron chi connectivity index (χ4n) is 2.35. The molecule has 0 unspecified atom stereocenters. The zero-order valence-corrected chi connectivity index (χ0v) is 13.7. The van der Waals surface area contributed by atoms with Gasteiger partial charge in [-0.05, 0) is 54.8 Å². The Hall–Kier alpha value is -1.07. The van der Waals surface area contributed by atoms with Gasteiger partial charge in [-0.3, -0.25) is 0 Å². The molecule has 1 aromatic heterocycles. The van der Waals surface area contributed by atoms with Gasteiger partial charge in [0.25, 0.3) is 0 Å². The molecule has 2 aromatic rings. The second-order valence-corrected chi connectivity index (χ2v) is 6.60. The maximum atomic E-state index is 4.48. The van der Waals surface area contributed by atoms with Crippen LogP contribution in [0, 0.1) is 0 Å². The standard InChI is InChI=1S/C15H16BrN3S/c1-20-15-17-8-7-14(19-15)18-13-6-5-11(16)9-12(13)10-3-2-4-10/h5-10H,2-4H2,1H3,(H,17,18,19). The normalized spacial score (nSPS) is 14.9. The van der Waals surface area contributed by atoms with Crippen molar-refractivity contribution >= 4 is 39.2 Å². The molecule has 1 aromatic carbocycles. The molecule has 104 valence electrons. The van der Waals surface area contributed by atoms with Crippen LogP contribution in [0.1, 0.15) is 30.7 Å². The van der Waals surface area contributed by atoms with Crippen LogP contribution < -0.4 is 5.32 Å². The number of hydrogen-bond donors (Lipinski definition) is 1. The Morgan fingerprint density at radius 3 is 2.85 bits per heavy atom. The Labute approximate surface area is 131 Å². The number of hydrogen-bond acceptors (Lipinski definition) is 4. The van der Waals surface area contributed by atoms with Crippen LogP contribution in [0.5, 0.6) is 0 Å². The predicted octanol–water partition coefficient (Wildman–Crippen LogP) is 4.97. The molecule has 20 heavy (non-hydrogen) atoms. The second kappa shape index (κ2) is 6.14. The first-order chi connectivity index (χ1) is 9.76. The van der Waals surface area contributed by atoms with Crippen molar-refractivity contribution in [3.05, 3.63) is 40.5 Å². The summed E-state index contributed by atoms with van der Waals surface area (Å²) < 4.78 is 1.14. The minimum atomic E-state index is 0.678. The first-order valence-electron chi connectivity index (χ1n) is 6.70. The van der Waals surface area contributed by atoms with E-state index in [0.29, 0.717) is 5.92 Å². The number of anilines is 2. The van der Waals surface area contributed by atoms with Gasteiger partial charge in [-0.1, -0.05) is 34.1 Å². The van der Waals surface area contributed by atoms with Gasteiger partial charge in [0.2, 0.25) is 0 Å². The third-order valence-electron chi connectivity index (χ3n) is 3.64. The lowest BCUT2D eigenvalue weighted by molar-refractivity contribution is 0.420. The first-order valence-corrected chi connectivity index (χ1v) is 8.71. The summed E-state index contributed by atoms with van der Waals surface area (Å²) in [5, 5.41) is 4.23. The average molecular weight is 350 g/mol. The summed E-state index contributed by atoms with van der Waals surface area (Å²) in [6.45, 7) is 0. The van der Waals surface area contributed by atoms with Crippen LogP contribution in [0.25, 0.3) is 0 Å². The average Bonchev–Trinajstić information content (AvgIpc) is 2.40.